The van der Waals surface area contributed by atoms with Gasteiger partial charge in [0.1, 0.15) is 11.6 Å². The molecule has 2 heterocycles. The Kier molecular flexibility index (Phi) is 6.29. The Morgan fingerprint density at radius 3 is 2.47 bits per heavy atom. The molecule has 11 heteroatoms. The number of aryl methyl sites for hydroxylation is 1. The summed E-state index contributed by atoms with van der Waals surface area (Å²) < 4.78 is 29.4. The Bertz CT molecular complexity index is 1420. The van der Waals surface area contributed by atoms with Crippen molar-refractivity contribution in [3.05, 3.63) is 54.7 Å². The van der Waals surface area contributed by atoms with Crippen molar-refractivity contribution in [1.29, 1.82) is 0 Å². The van der Waals surface area contributed by atoms with Gasteiger partial charge in [-0.25, -0.2) is 9.97 Å². The molecule has 0 radical (unpaired) electrons. The molecule has 0 fully saturated rings. The molecule has 0 unspecified atom stereocenters. The lowest BCUT2D eigenvalue weighted by Gasteiger charge is -2.19. The number of hydrogen-bond acceptors (Lipinski definition) is 9. The van der Waals surface area contributed by atoms with Gasteiger partial charge >= 0.3 is 10.1 Å². The van der Waals surface area contributed by atoms with Gasteiger partial charge in [-0.1, -0.05) is 0 Å². The molecule has 4 rings (SSSR count). The molecule has 34 heavy (non-hydrogen) atoms. The minimum atomic E-state index is -3.57. The minimum Gasteiger partial charge on any atom is -0.383 e. The highest BCUT2D eigenvalue weighted by Gasteiger charge is 2.13. The molecule has 2 aromatic carbocycles. The molecule has 0 bridgehead atoms. The molecule has 2 N–H and O–H groups in total. The maximum atomic E-state index is 11.3. The third-order valence-corrected chi connectivity index (χ3v) is 5.51. The number of nitrogens with one attached hydrogen (secondary N) is 2. The number of imidazole rings is 1. The molecule has 178 valence electrons. The first-order valence-corrected chi connectivity index (χ1v) is 12.5. The van der Waals surface area contributed by atoms with Crippen LogP contribution in [0.1, 0.15) is 13.8 Å². The second-order valence-corrected chi connectivity index (χ2v) is 9.78. The number of benzene rings is 2. The zero-order chi connectivity index (χ0) is 24.5. The average Bonchev–Trinajstić information content (AvgIpc) is 3.08. The Labute approximate surface area is 198 Å². The van der Waals surface area contributed by atoms with Gasteiger partial charge in [0.25, 0.3) is 0 Å². The van der Waals surface area contributed by atoms with Crippen molar-refractivity contribution in [1.82, 2.24) is 19.5 Å². The van der Waals surface area contributed by atoms with Crippen molar-refractivity contribution < 1.29 is 12.6 Å². The Hall–Kier alpha value is -3.86. The van der Waals surface area contributed by atoms with E-state index in [4.69, 9.17) is 9.17 Å². The summed E-state index contributed by atoms with van der Waals surface area (Å²) in [6, 6.07) is 14.7. The van der Waals surface area contributed by atoms with Crippen LogP contribution in [0.4, 0.5) is 29.1 Å². The van der Waals surface area contributed by atoms with E-state index in [-0.39, 0.29) is 11.8 Å². The number of rotatable bonds is 8. The second kappa shape index (κ2) is 9.18. The summed E-state index contributed by atoms with van der Waals surface area (Å²) in [7, 11) is 0.352. The van der Waals surface area contributed by atoms with Crippen LogP contribution in [0.3, 0.4) is 0 Å². The number of hydrogen-bond donors (Lipinski definition) is 2. The first-order chi connectivity index (χ1) is 16.1. The predicted molar refractivity (Wildman–Crippen MR) is 135 cm³/mol. The van der Waals surface area contributed by atoms with E-state index in [1.54, 1.807) is 30.5 Å². The monoisotopic (exact) mass is 481 g/mol. The van der Waals surface area contributed by atoms with Crippen molar-refractivity contribution in [2.75, 3.05) is 28.8 Å². The summed E-state index contributed by atoms with van der Waals surface area (Å²) in [6.07, 6.45) is 2.67. The van der Waals surface area contributed by atoms with E-state index in [2.05, 4.69) is 34.4 Å². The fourth-order valence-electron chi connectivity index (χ4n) is 3.41. The van der Waals surface area contributed by atoms with Crippen molar-refractivity contribution in [2.45, 2.75) is 19.9 Å². The molecule has 0 saturated heterocycles. The smallest absolute Gasteiger partial charge is 0.306 e. The molecular weight excluding hydrogens is 454 g/mol. The average molecular weight is 482 g/mol. The summed E-state index contributed by atoms with van der Waals surface area (Å²) in [4.78, 5) is 15.6. The molecule has 0 atom stereocenters. The van der Waals surface area contributed by atoms with Crippen LogP contribution in [-0.2, 0) is 17.2 Å². The lowest BCUT2D eigenvalue weighted by Crippen LogP contribution is -2.13. The van der Waals surface area contributed by atoms with Gasteiger partial charge in [0.05, 0.1) is 17.3 Å². The quantitative estimate of drug-likeness (QED) is 0.360. The van der Waals surface area contributed by atoms with Gasteiger partial charge in [-0.05, 0) is 62.4 Å². The summed E-state index contributed by atoms with van der Waals surface area (Å²) in [5, 5.41) is 6.48. The highest BCUT2D eigenvalue weighted by atomic mass is 32.2. The summed E-state index contributed by atoms with van der Waals surface area (Å²) in [5.41, 5.74) is 3.56. The summed E-state index contributed by atoms with van der Waals surface area (Å²) in [6.45, 7) is 4.16. The van der Waals surface area contributed by atoms with Crippen LogP contribution < -0.4 is 19.7 Å². The Morgan fingerprint density at radius 1 is 1.06 bits per heavy atom. The first kappa shape index (κ1) is 23.3. The second-order valence-electron chi connectivity index (χ2n) is 8.20. The molecule has 10 nitrogen and oxygen atoms in total. The molecule has 0 spiro atoms. The highest BCUT2D eigenvalue weighted by Crippen LogP contribution is 2.28. The van der Waals surface area contributed by atoms with Crippen LogP contribution in [0.25, 0.3) is 11.0 Å². The molecular formula is C23H27N7O3S. The van der Waals surface area contributed by atoms with Crippen LogP contribution >= 0.6 is 0 Å². The molecule has 0 aliphatic carbocycles. The normalized spacial score (nSPS) is 11.6. The number of fused-ring (bicyclic) bond motifs is 1. The topological polar surface area (TPSA) is 114 Å². The minimum absolute atomic E-state index is 0.235. The SMILES string of the molecule is CC(C)Nc1nc2cc(N(C)c3ccnc(Nc4ccc(OS(C)(=O)=O)cc4)n3)ccc2n1C. The lowest BCUT2D eigenvalue weighted by molar-refractivity contribution is 0.493. The molecule has 0 saturated carbocycles. The third kappa shape index (κ3) is 5.37. The van der Waals surface area contributed by atoms with Crippen LogP contribution in [0, 0.1) is 0 Å². The standard InChI is InChI=1S/C23H27N7O3S/c1-15(2)25-23-27-19-14-17(8-11-20(19)30(23)4)29(3)21-12-13-24-22(28-21)26-16-6-9-18(10-7-16)33-34(5,31)32/h6-15H,1-5H3,(H,25,27)(H,24,26,28). The fourth-order valence-corrected chi connectivity index (χ4v) is 3.87. The first-order valence-electron chi connectivity index (χ1n) is 10.7. The highest BCUT2D eigenvalue weighted by molar-refractivity contribution is 7.86. The Balaban J connectivity index is 1.53. The van der Waals surface area contributed by atoms with Gasteiger partial charge < -0.3 is 24.3 Å². The van der Waals surface area contributed by atoms with Gasteiger partial charge in [-0.15, -0.1) is 0 Å². The third-order valence-electron chi connectivity index (χ3n) is 5.01. The van der Waals surface area contributed by atoms with Gasteiger partial charge in [-0.2, -0.15) is 13.4 Å². The van der Waals surface area contributed by atoms with E-state index in [0.29, 0.717) is 17.5 Å². The van der Waals surface area contributed by atoms with Crippen molar-refractivity contribution in [3.8, 4) is 5.75 Å². The molecule has 2 aromatic heterocycles. The maximum absolute atomic E-state index is 11.3. The largest absolute Gasteiger partial charge is 0.383 e. The van der Waals surface area contributed by atoms with E-state index < -0.39 is 10.1 Å². The van der Waals surface area contributed by atoms with E-state index in [9.17, 15) is 8.42 Å². The summed E-state index contributed by atoms with van der Waals surface area (Å²) >= 11 is 0. The van der Waals surface area contributed by atoms with E-state index >= 15 is 0 Å². The van der Waals surface area contributed by atoms with Gasteiger partial charge in [0, 0.05) is 37.7 Å². The van der Waals surface area contributed by atoms with Crippen molar-refractivity contribution >= 4 is 50.2 Å². The Morgan fingerprint density at radius 2 is 1.79 bits per heavy atom. The zero-order valence-corrected chi connectivity index (χ0v) is 20.5. The number of nitrogens with zero attached hydrogens (tertiary/aromatic N) is 5. The molecule has 4 aromatic rings. The van der Waals surface area contributed by atoms with Crippen LogP contribution in [-0.4, -0.2) is 47.3 Å². The van der Waals surface area contributed by atoms with Gasteiger partial charge in [0.15, 0.2) is 0 Å². The van der Waals surface area contributed by atoms with Crippen LogP contribution in [0.2, 0.25) is 0 Å². The number of anilines is 5. The van der Waals surface area contributed by atoms with Crippen LogP contribution in [0.15, 0.2) is 54.7 Å². The lowest BCUT2D eigenvalue weighted by atomic mass is 10.2. The predicted octanol–water partition coefficient (Wildman–Crippen LogP) is 4.03. The maximum Gasteiger partial charge on any atom is 0.306 e. The van der Waals surface area contributed by atoms with Gasteiger partial charge in [-0.3, -0.25) is 0 Å². The summed E-state index contributed by atoms with van der Waals surface area (Å²) in [5.74, 6) is 2.17. The molecule has 0 aliphatic rings. The van der Waals surface area contributed by atoms with Crippen LogP contribution in [0.5, 0.6) is 5.75 Å². The van der Waals surface area contributed by atoms with Crippen molar-refractivity contribution in [2.24, 2.45) is 7.05 Å². The fraction of sp³-hybridized carbons (Fsp3) is 0.261. The molecule has 0 amide bonds. The molecule has 0 aliphatic heterocycles. The van der Waals surface area contributed by atoms with E-state index in [1.165, 1.54) is 0 Å². The van der Waals surface area contributed by atoms with Crippen molar-refractivity contribution in [3.63, 3.8) is 0 Å². The van der Waals surface area contributed by atoms with Gasteiger partial charge in [0.2, 0.25) is 11.9 Å². The number of aromatic nitrogens is 4. The van der Waals surface area contributed by atoms with E-state index in [0.717, 1.165) is 28.9 Å². The zero-order valence-electron chi connectivity index (χ0n) is 19.6. The van der Waals surface area contributed by atoms with E-state index in [1.807, 2.05) is 47.8 Å².